The number of aromatic nitrogens is 1. The molecule has 0 N–H and O–H groups in total. The summed E-state index contributed by atoms with van der Waals surface area (Å²) in [6.45, 7) is 9.34. The van der Waals surface area contributed by atoms with E-state index in [2.05, 4.69) is 18.2 Å². The number of nitrogens with zero attached hydrogens (tertiary/aromatic N) is 3. The molecule has 0 unspecified atom stereocenters. The quantitative estimate of drug-likeness (QED) is 0.214. The number of hydrogen-bond donors (Lipinski definition) is 0. The van der Waals surface area contributed by atoms with Crippen molar-refractivity contribution in [2.45, 2.75) is 18.4 Å². The molecule has 1 aromatic heterocycles. The third-order valence-corrected chi connectivity index (χ3v) is 8.74. The lowest BCUT2D eigenvalue weighted by Gasteiger charge is -2.19. The maximum absolute atomic E-state index is 13.1. The fourth-order valence-electron chi connectivity index (χ4n) is 4.00. The van der Waals surface area contributed by atoms with Crippen molar-refractivity contribution < 1.29 is 22.7 Å². The van der Waals surface area contributed by atoms with Gasteiger partial charge in [-0.2, -0.15) is 9.30 Å². The highest BCUT2D eigenvalue weighted by atomic mass is 32.2. The maximum Gasteiger partial charge on any atom is 0.326 e. The number of ether oxygens (including phenoxy) is 1. The molecule has 1 amide bonds. The van der Waals surface area contributed by atoms with E-state index in [-0.39, 0.29) is 36.7 Å². The Bertz CT molecular complexity index is 1690. The van der Waals surface area contributed by atoms with E-state index in [1.54, 1.807) is 11.5 Å². The molecule has 0 spiro atoms. The summed E-state index contributed by atoms with van der Waals surface area (Å²) in [6.07, 6.45) is 3.00. The summed E-state index contributed by atoms with van der Waals surface area (Å²) in [5.74, 6) is -0.996. The van der Waals surface area contributed by atoms with Crippen molar-refractivity contribution in [2.24, 2.45) is 4.99 Å². The van der Waals surface area contributed by atoms with Crippen LogP contribution in [0.25, 0.3) is 21.0 Å². The molecule has 10 heteroatoms. The average Bonchev–Trinajstić information content (AvgIpc) is 3.25. The van der Waals surface area contributed by atoms with E-state index >= 15 is 0 Å². The number of esters is 1. The van der Waals surface area contributed by atoms with Crippen molar-refractivity contribution in [3.05, 3.63) is 96.3 Å². The van der Waals surface area contributed by atoms with Crippen LogP contribution in [0.5, 0.6) is 0 Å². The van der Waals surface area contributed by atoms with Crippen molar-refractivity contribution >= 4 is 54.2 Å². The van der Waals surface area contributed by atoms with E-state index in [1.807, 2.05) is 36.4 Å². The Morgan fingerprint density at radius 2 is 1.71 bits per heavy atom. The number of hydrogen-bond acceptors (Lipinski definition) is 6. The van der Waals surface area contributed by atoms with Crippen molar-refractivity contribution in [2.75, 3.05) is 19.7 Å². The highest BCUT2D eigenvalue weighted by molar-refractivity contribution is 7.89. The summed E-state index contributed by atoms with van der Waals surface area (Å²) in [5.41, 5.74) is 0.979. The smallest absolute Gasteiger partial charge is 0.326 e. The lowest BCUT2D eigenvalue weighted by atomic mass is 10.1. The molecule has 38 heavy (non-hydrogen) atoms. The SMILES string of the molecule is C=CCN(CC=C)S(=O)(=O)c1ccc(C(=O)N=c2sc3c4ccccc4ccc3n2CC(=O)OCC)cc1. The normalized spacial score (nSPS) is 12.2. The van der Waals surface area contributed by atoms with E-state index in [4.69, 9.17) is 4.74 Å². The van der Waals surface area contributed by atoms with Gasteiger partial charge in [-0.3, -0.25) is 9.59 Å². The molecule has 8 nitrogen and oxygen atoms in total. The molecule has 0 saturated carbocycles. The highest BCUT2D eigenvalue weighted by Crippen LogP contribution is 2.28. The van der Waals surface area contributed by atoms with E-state index < -0.39 is 21.9 Å². The first-order valence-electron chi connectivity index (χ1n) is 11.9. The molecule has 0 radical (unpaired) electrons. The van der Waals surface area contributed by atoms with Crippen LogP contribution in [0.3, 0.4) is 0 Å². The minimum Gasteiger partial charge on any atom is -0.465 e. The Labute approximate surface area is 224 Å². The van der Waals surface area contributed by atoms with Crippen LogP contribution in [0.15, 0.2) is 95.9 Å². The van der Waals surface area contributed by atoms with Crippen LogP contribution in [0.4, 0.5) is 0 Å². The summed E-state index contributed by atoms with van der Waals surface area (Å²) in [4.78, 5) is 30.2. The first-order valence-corrected chi connectivity index (χ1v) is 14.1. The van der Waals surface area contributed by atoms with Gasteiger partial charge in [0.2, 0.25) is 10.0 Å². The predicted octanol–water partition coefficient (Wildman–Crippen LogP) is 4.52. The van der Waals surface area contributed by atoms with Gasteiger partial charge in [0.1, 0.15) is 6.54 Å². The molecule has 0 aliphatic heterocycles. The Kier molecular flexibility index (Phi) is 8.35. The van der Waals surface area contributed by atoms with Gasteiger partial charge in [-0.1, -0.05) is 53.8 Å². The Balaban J connectivity index is 1.75. The van der Waals surface area contributed by atoms with E-state index in [0.717, 1.165) is 21.0 Å². The monoisotopic (exact) mass is 549 g/mol. The Morgan fingerprint density at radius 3 is 2.37 bits per heavy atom. The summed E-state index contributed by atoms with van der Waals surface area (Å²) in [6, 6.07) is 17.3. The average molecular weight is 550 g/mol. The first-order chi connectivity index (χ1) is 18.3. The van der Waals surface area contributed by atoms with Gasteiger partial charge >= 0.3 is 5.97 Å². The van der Waals surface area contributed by atoms with Crippen LogP contribution in [0.2, 0.25) is 0 Å². The van der Waals surface area contributed by atoms with Gasteiger partial charge in [-0.25, -0.2) is 8.42 Å². The van der Waals surface area contributed by atoms with Crippen LogP contribution in [-0.2, 0) is 26.1 Å². The fourth-order valence-corrected chi connectivity index (χ4v) is 6.55. The molecule has 0 atom stereocenters. The lowest BCUT2D eigenvalue weighted by molar-refractivity contribution is -0.143. The number of thiazole rings is 1. The molecular weight excluding hydrogens is 522 g/mol. The number of carbonyl (C=O) groups is 2. The topological polar surface area (TPSA) is 98.0 Å². The van der Waals surface area contributed by atoms with Gasteiger partial charge in [0.25, 0.3) is 5.91 Å². The second-order valence-electron chi connectivity index (χ2n) is 8.25. The number of carbonyl (C=O) groups excluding carboxylic acids is 2. The molecule has 3 aromatic carbocycles. The standard InChI is InChI=1S/C28H27N3O5S2/c1-4-17-30(18-5-2)38(34,35)22-14-11-21(12-15-22)27(33)29-28-31(19-25(32)36-6-3)24-16-13-20-9-7-8-10-23(20)26(24)37-28/h4-5,7-16H,1-2,6,17-19H2,3H3. The van der Waals surface area contributed by atoms with Gasteiger partial charge in [0.15, 0.2) is 4.80 Å². The Morgan fingerprint density at radius 1 is 1.03 bits per heavy atom. The molecule has 4 rings (SSSR count). The van der Waals surface area contributed by atoms with Gasteiger partial charge in [0, 0.05) is 24.0 Å². The molecule has 0 fully saturated rings. The first kappa shape index (κ1) is 27.2. The second kappa shape index (κ2) is 11.7. The fraction of sp³-hybridized carbons (Fsp3) is 0.179. The van der Waals surface area contributed by atoms with Crippen molar-refractivity contribution in [3.63, 3.8) is 0 Å². The molecule has 0 aliphatic carbocycles. The van der Waals surface area contributed by atoms with Gasteiger partial charge in [-0.15, -0.1) is 13.2 Å². The van der Waals surface area contributed by atoms with Crippen LogP contribution in [0.1, 0.15) is 17.3 Å². The predicted molar refractivity (Wildman–Crippen MR) is 149 cm³/mol. The minimum absolute atomic E-state index is 0.0449. The number of rotatable bonds is 10. The third-order valence-electron chi connectivity index (χ3n) is 5.77. The van der Waals surface area contributed by atoms with E-state index in [0.29, 0.717) is 4.80 Å². The van der Waals surface area contributed by atoms with E-state index in [9.17, 15) is 18.0 Å². The molecule has 0 aliphatic rings. The molecule has 0 saturated heterocycles. The molecule has 1 heterocycles. The summed E-state index contributed by atoms with van der Waals surface area (Å²) in [7, 11) is -3.80. The molecular formula is C28H27N3O5S2. The summed E-state index contributed by atoms with van der Waals surface area (Å²) < 4.78 is 34.9. The zero-order chi connectivity index (χ0) is 27.3. The highest BCUT2D eigenvalue weighted by Gasteiger charge is 2.23. The lowest BCUT2D eigenvalue weighted by Crippen LogP contribution is -2.31. The molecule has 4 aromatic rings. The van der Waals surface area contributed by atoms with Crippen LogP contribution < -0.4 is 4.80 Å². The van der Waals surface area contributed by atoms with Crippen LogP contribution in [-0.4, -0.2) is 48.9 Å². The van der Waals surface area contributed by atoms with Gasteiger partial charge < -0.3 is 9.30 Å². The zero-order valence-corrected chi connectivity index (χ0v) is 22.5. The summed E-state index contributed by atoms with van der Waals surface area (Å²) in [5, 5.41) is 2.01. The largest absolute Gasteiger partial charge is 0.465 e. The number of sulfonamides is 1. The third kappa shape index (κ3) is 5.52. The van der Waals surface area contributed by atoms with Gasteiger partial charge in [0.05, 0.1) is 21.7 Å². The number of fused-ring (bicyclic) bond motifs is 3. The van der Waals surface area contributed by atoms with E-state index in [1.165, 1.54) is 52.1 Å². The molecule has 196 valence electrons. The second-order valence-corrected chi connectivity index (χ2v) is 11.2. The molecule has 0 bridgehead atoms. The van der Waals surface area contributed by atoms with Crippen molar-refractivity contribution in [3.8, 4) is 0 Å². The number of amides is 1. The Hall–Kier alpha value is -3.86. The summed E-state index contributed by atoms with van der Waals surface area (Å²) >= 11 is 1.31. The maximum atomic E-state index is 13.1. The van der Waals surface area contributed by atoms with Gasteiger partial charge in [-0.05, 0) is 42.6 Å². The van der Waals surface area contributed by atoms with Crippen LogP contribution >= 0.6 is 11.3 Å². The minimum atomic E-state index is -3.80. The number of benzene rings is 3. The van der Waals surface area contributed by atoms with Crippen molar-refractivity contribution in [1.29, 1.82) is 0 Å². The van der Waals surface area contributed by atoms with Crippen LogP contribution in [0, 0.1) is 0 Å². The zero-order valence-electron chi connectivity index (χ0n) is 20.9. The van der Waals surface area contributed by atoms with Crippen molar-refractivity contribution in [1.82, 2.24) is 8.87 Å².